The summed E-state index contributed by atoms with van der Waals surface area (Å²) < 4.78 is 7.14. The van der Waals surface area contributed by atoms with Crippen LogP contribution in [0.3, 0.4) is 0 Å². The molecule has 2 aromatic heterocycles. The number of carbonyl (C=O) groups excluding carboxylic acids is 2. The van der Waals surface area contributed by atoms with Crippen LogP contribution in [0.25, 0.3) is 0 Å². The second kappa shape index (κ2) is 8.39. The molecular formula is C21H23N3O3S. The monoisotopic (exact) mass is 397 g/mol. The molecule has 2 amide bonds. The molecule has 0 saturated carbocycles. The van der Waals surface area contributed by atoms with Gasteiger partial charge in [0.15, 0.2) is 10.6 Å². The normalized spacial score (nSPS) is 11.8. The van der Waals surface area contributed by atoms with E-state index in [0.29, 0.717) is 16.9 Å². The van der Waals surface area contributed by atoms with Crippen molar-refractivity contribution >= 4 is 23.2 Å². The predicted molar refractivity (Wildman–Crippen MR) is 109 cm³/mol. The lowest BCUT2D eigenvalue weighted by molar-refractivity contribution is 0.0941. The van der Waals surface area contributed by atoms with Gasteiger partial charge in [-0.3, -0.25) is 9.59 Å². The van der Waals surface area contributed by atoms with Crippen LogP contribution >= 0.6 is 11.3 Å². The maximum Gasteiger partial charge on any atom is 0.315 e. The fourth-order valence-electron chi connectivity index (χ4n) is 2.70. The minimum Gasteiger partial charge on any atom is -0.459 e. The second-order valence-electron chi connectivity index (χ2n) is 6.83. The van der Waals surface area contributed by atoms with Gasteiger partial charge in [0.2, 0.25) is 0 Å². The molecule has 146 valence electrons. The van der Waals surface area contributed by atoms with Crippen LogP contribution in [0.5, 0.6) is 0 Å². The number of nitrogens with zero attached hydrogens (tertiary/aromatic N) is 2. The van der Waals surface area contributed by atoms with Crippen LogP contribution in [-0.4, -0.2) is 22.4 Å². The van der Waals surface area contributed by atoms with E-state index in [1.807, 2.05) is 56.5 Å². The zero-order chi connectivity index (χ0) is 20.3. The summed E-state index contributed by atoms with van der Waals surface area (Å²) in [5, 5.41) is 2.88. The van der Waals surface area contributed by atoms with Crippen molar-refractivity contribution in [2.45, 2.75) is 40.3 Å². The summed E-state index contributed by atoms with van der Waals surface area (Å²) >= 11 is 1.47. The van der Waals surface area contributed by atoms with Crippen LogP contribution in [0.2, 0.25) is 0 Å². The third-order valence-corrected chi connectivity index (χ3v) is 5.39. The third-order valence-electron chi connectivity index (χ3n) is 4.30. The molecule has 0 aliphatic rings. The molecule has 0 radical (unpaired) electrons. The zero-order valence-electron chi connectivity index (χ0n) is 16.4. The van der Waals surface area contributed by atoms with Gasteiger partial charge in [0.25, 0.3) is 5.91 Å². The summed E-state index contributed by atoms with van der Waals surface area (Å²) in [4.78, 5) is 30.4. The zero-order valence-corrected chi connectivity index (χ0v) is 17.2. The molecule has 1 N–H and O–H groups in total. The lowest BCUT2D eigenvalue weighted by Gasteiger charge is -2.10. The van der Waals surface area contributed by atoms with Crippen molar-refractivity contribution in [2.75, 3.05) is 0 Å². The summed E-state index contributed by atoms with van der Waals surface area (Å²) in [6.07, 6.45) is 1.46. The Morgan fingerprint density at radius 3 is 2.50 bits per heavy atom. The van der Waals surface area contributed by atoms with E-state index in [1.54, 1.807) is 12.1 Å². The lowest BCUT2D eigenvalue weighted by Crippen LogP contribution is -2.30. The van der Waals surface area contributed by atoms with E-state index in [-0.39, 0.29) is 17.7 Å². The fourth-order valence-corrected chi connectivity index (χ4v) is 3.67. The number of benzene rings is 1. The molecule has 0 atom stereocenters. The average Bonchev–Trinajstić information content (AvgIpc) is 3.27. The molecule has 0 spiro atoms. The van der Waals surface area contributed by atoms with Gasteiger partial charge in [-0.25, -0.2) is 0 Å². The Kier molecular flexibility index (Phi) is 5.94. The fraction of sp³-hybridized carbons (Fsp3) is 0.286. The van der Waals surface area contributed by atoms with E-state index in [1.165, 1.54) is 17.6 Å². The van der Waals surface area contributed by atoms with E-state index in [4.69, 9.17) is 4.42 Å². The maximum atomic E-state index is 12.3. The topological polar surface area (TPSA) is 76.6 Å². The molecule has 0 saturated heterocycles. The number of amides is 2. The molecule has 3 rings (SSSR count). The van der Waals surface area contributed by atoms with Crippen molar-refractivity contribution in [1.82, 2.24) is 9.88 Å². The van der Waals surface area contributed by atoms with Gasteiger partial charge in [-0.15, -0.1) is 11.3 Å². The number of nitrogens with one attached hydrogen (secondary N) is 1. The molecule has 0 bridgehead atoms. The summed E-state index contributed by atoms with van der Waals surface area (Å²) in [7, 11) is 0. The smallest absolute Gasteiger partial charge is 0.315 e. The SMILES string of the molecule is Cc1sc(=NC(=O)c2ccco2)n(Cc2ccc(C(=O)NC(C)C)cc2)c1C. The number of aromatic nitrogens is 1. The molecule has 0 unspecified atom stereocenters. The minimum absolute atomic E-state index is 0.0866. The van der Waals surface area contributed by atoms with Gasteiger partial charge in [0, 0.05) is 22.2 Å². The number of hydrogen-bond acceptors (Lipinski definition) is 4. The molecule has 0 fully saturated rings. The minimum atomic E-state index is -0.402. The molecule has 2 heterocycles. The van der Waals surface area contributed by atoms with Crippen LogP contribution in [0.4, 0.5) is 0 Å². The third kappa shape index (κ3) is 4.48. The summed E-state index contributed by atoms with van der Waals surface area (Å²) in [6.45, 7) is 8.44. The Morgan fingerprint density at radius 2 is 1.89 bits per heavy atom. The Morgan fingerprint density at radius 1 is 1.18 bits per heavy atom. The first-order valence-corrected chi connectivity index (χ1v) is 9.86. The summed E-state index contributed by atoms with van der Waals surface area (Å²) in [6, 6.07) is 10.8. The maximum absolute atomic E-state index is 12.3. The van der Waals surface area contributed by atoms with E-state index in [0.717, 1.165) is 16.1 Å². The van der Waals surface area contributed by atoms with Crippen molar-refractivity contribution in [2.24, 2.45) is 4.99 Å². The highest BCUT2D eigenvalue weighted by Crippen LogP contribution is 2.14. The highest BCUT2D eigenvalue weighted by atomic mass is 32.1. The van der Waals surface area contributed by atoms with Crippen molar-refractivity contribution in [3.8, 4) is 0 Å². The summed E-state index contributed by atoms with van der Waals surface area (Å²) in [5.74, 6) is -0.270. The van der Waals surface area contributed by atoms with Gasteiger partial charge < -0.3 is 14.3 Å². The summed E-state index contributed by atoms with van der Waals surface area (Å²) in [5.41, 5.74) is 2.70. The van der Waals surface area contributed by atoms with Crippen LogP contribution in [-0.2, 0) is 6.54 Å². The van der Waals surface area contributed by atoms with Crippen molar-refractivity contribution in [3.63, 3.8) is 0 Å². The van der Waals surface area contributed by atoms with Crippen LogP contribution in [0, 0.1) is 13.8 Å². The van der Waals surface area contributed by atoms with E-state index >= 15 is 0 Å². The first-order valence-electron chi connectivity index (χ1n) is 9.04. The highest BCUT2D eigenvalue weighted by Gasteiger charge is 2.12. The first-order chi connectivity index (χ1) is 13.3. The second-order valence-corrected chi connectivity index (χ2v) is 8.01. The van der Waals surface area contributed by atoms with Gasteiger partial charge in [-0.2, -0.15) is 4.99 Å². The molecule has 3 aromatic rings. The number of aryl methyl sites for hydroxylation is 1. The Balaban J connectivity index is 1.86. The van der Waals surface area contributed by atoms with E-state index in [2.05, 4.69) is 10.3 Å². The Bertz CT molecular complexity index is 1040. The molecule has 7 heteroatoms. The standard InChI is InChI=1S/C21H23N3O3S/c1-13(2)22-19(25)17-9-7-16(8-10-17)12-24-14(3)15(4)28-21(24)23-20(26)18-6-5-11-27-18/h5-11,13H,12H2,1-4H3,(H,22,25). The van der Waals surface area contributed by atoms with Crippen molar-refractivity contribution in [3.05, 3.63) is 74.9 Å². The van der Waals surface area contributed by atoms with Crippen LogP contribution in [0.1, 0.15) is 50.9 Å². The van der Waals surface area contributed by atoms with Gasteiger partial charge in [-0.05, 0) is 57.5 Å². The van der Waals surface area contributed by atoms with Gasteiger partial charge >= 0.3 is 5.91 Å². The van der Waals surface area contributed by atoms with Crippen LogP contribution in [0.15, 0.2) is 52.1 Å². The number of rotatable bonds is 5. The molecule has 1 aromatic carbocycles. The quantitative estimate of drug-likeness (QED) is 0.713. The highest BCUT2D eigenvalue weighted by molar-refractivity contribution is 7.09. The Labute approximate surface area is 167 Å². The molecule has 0 aliphatic heterocycles. The predicted octanol–water partition coefficient (Wildman–Crippen LogP) is 3.69. The molecule has 0 aliphatic carbocycles. The number of thiazole rings is 1. The largest absolute Gasteiger partial charge is 0.459 e. The van der Waals surface area contributed by atoms with Crippen molar-refractivity contribution < 1.29 is 14.0 Å². The Hall–Kier alpha value is -2.93. The average molecular weight is 398 g/mol. The van der Waals surface area contributed by atoms with E-state index < -0.39 is 5.91 Å². The number of hydrogen-bond donors (Lipinski definition) is 1. The number of carbonyl (C=O) groups is 2. The molecular weight excluding hydrogens is 374 g/mol. The van der Waals surface area contributed by atoms with Gasteiger partial charge in [0.05, 0.1) is 12.8 Å². The first kappa shape index (κ1) is 19.8. The van der Waals surface area contributed by atoms with Crippen molar-refractivity contribution in [1.29, 1.82) is 0 Å². The van der Waals surface area contributed by atoms with Gasteiger partial charge in [0.1, 0.15) is 0 Å². The van der Waals surface area contributed by atoms with Crippen LogP contribution < -0.4 is 10.1 Å². The van der Waals surface area contributed by atoms with E-state index in [9.17, 15) is 9.59 Å². The number of furan rings is 1. The van der Waals surface area contributed by atoms with Gasteiger partial charge in [-0.1, -0.05) is 12.1 Å². The molecule has 6 nitrogen and oxygen atoms in total. The lowest BCUT2D eigenvalue weighted by atomic mass is 10.1. The molecule has 28 heavy (non-hydrogen) atoms.